The van der Waals surface area contributed by atoms with Crippen molar-refractivity contribution < 1.29 is 19.1 Å². The molecule has 1 amide bonds. The molecule has 0 radical (unpaired) electrons. The number of carbonyl (C=O) groups is 2. The number of thioether (sulfide) groups is 1. The summed E-state index contributed by atoms with van der Waals surface area (Å²) in [6, 6.07) is 7.31. The molecule has 32 heavy (non-hydrogen) atoms. The lowest BCUT2D eigenvalue weighted by atomic mass is 10.1. The fraction of sp³-hybridized carbons (Fsp3) is 0.227. The molecule has 6 nitrogen and oxygen atoms in total. The van der Waals surface area contributed by atoms with Crippen LogP contribution >= 0.6 is 55.2 Å². The quantitative estimate of drug-likeness (QED) is 0.310. The van der Waals surface area contributed by atoms with Gasteiger partial charge in [-0.15, -0.1) is 0 Å². The van der Waals surface area contributed by atoms with Crippen molar-refractivity contribution in [3.05, 3.63) is 59.8 Å². The van der Waals surface area contributed by atoms with Crippen LogP contribution in [-0.2, 0) is 14.3 Å². The highest BCUT2D eigenvalue weighted by Crippen LogP contribution is 2.37. The Balaban J connectivity index is 1.78. The maximum absolute atomic E-state index is 12.4. The van der Waals surface area contributed by atoms with E-state index in [1.54, 1.807) is 25.1 Å². The number of aryl methyl sites for hydroxylation is 2. The van der Waals surface area contributed by atoms with E-state index < -0.39 is 5.97 Å². The predicted octanol–water partition coefficient (Wildman–Crippen LogP) is 6.32. The summed E-state index contributed by atoms with van der Waals surface area (Å²) < 4.78 is 11.9. The first-order chi connectivity index (χ1) is 15.2. The Morgan fingerprint density at radius 2 is 1.91 bits per heavy atom. The molecule has 1 aliphatic rings. The van der Waals surface area contributed by atoms with Crippen molar-refractivity contribution in [2.24, 2.45) is 4.99 Å². The summed E-state index contributed by atoms with van der Waals surface area (Å²) >= 11 is 14.5. The molecule has 1 aliphatic heterocycles. The summed E-state index contributed by atoms with van der Waals surface area (Å²) in [5.41, 5.74) is 3.60. The lowest BCUT2D eigenvalue weighted by molar-refractivity contribution is -0.145. The number of nitrogens with one attached hydrogen (secondary N) is 1. The van der Waals surface area contributed by atoms with Crippen LogP contribution in [-0.4, -0.2) is 30.3 Å². The van der Waals surface area contributed by atoms with Crippen molar-refractivity contribution in [2.45, 2.75) is 20.8 Å². The van der Waals surface area contributed by atoms with Gasteiger partial charge < -0.3 is 14.8 Å². The lowest BCUT2D eigenvalue weighted by Crippen LogP contribution is -2.19. The van der Waals surface area contributed by atoms with Gasteiger partial charge in [0.1, 0.15) is 0 Å². The Morgan fingerprint density at radius 1 is 1.22 bits per heavy atom. The normalized spacial score (nSPS) is 15.9. The lowest BCUT2D eigenvalue weighted by Gasteiger charge is -2.10. The second-order valence-electron chi connectivity index (χ2n) is 6.78. The number of hydrogen-bond acceptors (Lipinski definition) is 6. The van der Waals surface area contributed by atoms with Crippen molar-refractivity contribution in [2.75, 3.05) is 13.2 Å². The van der Waals surface area contributed by atoms with Crippen LogP contribution in [0.15, 0.2) is 43.1 Å². The molecule has 0 aromatic heterocycles. The van der Waals surface area contributed by atoms with E-state index in [-0.39, 0.29) is 19.1 Å². The first-order valence-corrected chi connectivity index (χ1v) is 12.3. The van der Waals surface area contributed by atoms with Crippen LogP contribution in [0.1, 0.15) is 23.6 Å². The SMILES string of the molecule is CCOC(=O)COc1c(Cl)cc(/C=C2\SC(=Nc3cc(C)c(Br)c(C)c3)NC2=O)cc1Br. The summed E-state index contributed by atoms with van der Waals surface area (Å²) in [5.74, 6) is -0.397. The topological polar surface area (TPSA) is 77.0 Å². The zero-order chi connectivity index (χ0) is 23.4. The van der Waals surface area contributed by atoms with Crippen molar-refractivity contribution >= 4 is 84.0 Å². The molecule has 3 rings (SSSR count). The first-order valence-electron chi connectivity index (χ1n) is 9.51. The van der Waals surface area contributed by atoms with Crippen molar-refractivity contribution in [3.63, 3.8) is 0 Å². The number of amidine groups is 1. The summed E-state index contributed by atoms with van der Waals surface area (Å²) in [7, 11) is 0. The highest BCUT2D eigenvalue weighted by Gasteiger charge is 2.24. The number of nitrogens with zero attached hydrogens (tertiary/aromatic N) is 1. The largest absolute Gasteiger partial charge is 0.479 e. The Bertz CT molecular complexity index is 1100. The highest BCUT2D eigenvalue weighted by atomic mass is 79.9. The zero-order valence-corrected chi connectivity index (χ0v) is 22.2. The average molecular weight is 603 g/mol. The Kier molecular flexibility index (Phi) is 8.43. The fourth-order valence-electron chi connectivity index (χ4n) is 2.87. The second kappa shape index (κ2) is 10.9. The maximum atomic E-state index is 12.4. The molecule has 168 valence electrons. The minimum absolute atomic E-state index is 0.241. The van der Waals surface area contributed by atoms with E-state index in [1.165, 1.54) is 11.8 Å². The van der Waals surface area contributed by atoms with Gasteiger partial charge in [-0.3, -0.25) is 4.79 Å². The van der Waals surface area contributed by atoms with Crippen LogP contribution in [0.4, 0.5) is 5.69 Å². The van der Waals surface area contributed by atoms with Gasteiger partial charge in [-0.25, -0.2) is 9.79 Å². The molecule has 1 N–H and O–H groups in total. The summed E-state index contributed by atoms with van der Waals surface area (Å²) in [6.07, 6.45) is 1.71. The summed E-state index contributed by atoms with van der Waals surface area (Å²) in [4.78, 5) is 29.0. The second-order valence-corrected chi connectivity index (χ2v) is 9.87. The van der Waals surface area contributed by atoms with E-state index in [9.17, 15) is 9.59 Å². The Labute approximate surface area is 212 Å². The molecule has 0 unspecified atom stereocenters. The van der Waals surface area contributed by atoms with Crippen molar-refractivity contribution in [3.8, 4) is 5.75 Å². The van der Waals surface area contributed by atoms with E-state index in [1.807, 2.05) is 26.0 Å². The first kappa shape index (κ1) is 24.8. The molecule has 1 saturated heterocycles. The fourth-order valence-corrected chi connectivity index (χ4v) is 4.93. The number of hydrogen-bond donors (Lipinski definition) is 1. The van der Waals surface area contributed by atoms with E-state index in [2.05, 4.69) is 42.2 Å². The smallest absolute Gasteiger partial charge is 0.344 e. The minimum Gasteiger partial charge on any atom is -0.479 e. The Hall–Kier alpha value is -1.81. The van der Waals surface area contributed by atoms with Crippen LogP contribution in [0.3, 0.4) is 0 Å². The molecule has 0 saturated carbocycles. The third-order valence-electron chi connectivity index (χ3n) is 4.26. The van der Waals surface area contributed by atoms with Crippen LogP contribution in [0, 0.1) is 13.8 Å². The third-order valence-corrected chi connectivity index (χ3v) is 7.29. The number of halogens is 3. The number of esters is 1. The molecule has 1 heterocycles. The number of ether oxygens (including phenoxy) is 2. The number of carbonyl (C=O) groups excluding carboxylic acids is 2. The van der Waals surface area contributed by atoms with E-state index >= 15 is 0 Å². The van der Waals surface area contributed by atoms with Gasteiger partial charge in [0.05, 0.1) is 26.7 Å². The van der Waals surface area contributed by atoms with Gasteiger partial charge in [-0.2, -0.15) is 0 Å². The van der Waals surface area contributed by atoms with Gasteiger partial charge in [0, 0.05) is 4.47 Å². The van der Waals surface area contributed by atoms with Crippen molar-refractivity contribution in [1.29, 1.82) is 0 Å². The zero-order valence-electron chi connectivity index (χ0n) is 17.4. The molecule has 1 fully saturated rings. The molecule has 2 aromatic rings. The molecule has 10 heteroatoms. The minimum atomic E-state index is -0.483. The number of benzene rings is 2. The van der Waals surface area contributed by atoms with E-state index in [0.29, 0.717) is 30.9 Å². The third kappa shape index (κ3) is 6.15. The standard InChI is InChI=1S/C22H19Br2ClN2O4S/c1-4-30-18(28)10-31-20-15(23)7-13(8-16(20)25)9-17-21(29)27-22(32-17)26-14-5-11(2)19(24)12(3)6-14/h5-9H,4,10H2,1-3H3,(H,26,27,29)/b17-9-. The van der Waals surface area contributed by atoms with Gasteiger partial charge in [0.2, 0.25) is 0 Å². The van der Waals surface area contributed by atoms with Gasteiger partial charge >= 0.3 is 5.97 Å². The Morgan fingerprint density at radius 3 is 2.53 bits per heavy atom. The molecule has 0 spiro atoms. The van der Waals surface area contributed by atoms with Crippen LogP contribution in [0.5, 0.6) is 5.75 Å². The average Bonchev–Trinajstić information content (AvgIpc) is 3.04. The molecule has 0 aliphatic carbocycles. The van der Waals surface area contributed by atoms with E-state index in [4.69, 9.17) is 21.1 Å². The predicted molar refractivity (Wildman–Crippen MR) is 136 cm³/mol. The van der Waals surface area contributed by atoms with Gasteiger partial charge in [-0.05, 0) is 95.5 Å². The summed E-state index contributed by atoms with van der Waals surface area (Å²) in [6.45, 7) is 5.73. The molecular formula is C22H19Br2ClN2O4S. The van der Waals surface area contributed by atoms with E-state index in [0.717, 1.165) is 21.3 Å². The van der Waals surface area contributed by atoms with Gasteiger partial charge in [0.25, 0.3) is 5.91 Å². The summed E-state index contributed by atoms with van der Waals surface area (Å²) in [5, 5.41) is 3.59. The monoisotopic (exact) mass is 600 g/mol. The highest BCUT2D eigenvalue weighted by molar-refractivity contribution is 9.10. The van der Waals surface area contributed by atoms with Crippen LogP contribution in [0.2, 0.25) is 5.02 Å². The molecular weight excluding hydrogens is 584 g/mol. The molecule has 0 bridgehead atoms. The number of aliphatic imine (C=N–C) groups is 1. The van der Waals surface area contributed by atoms with Crippen LogP contribution < -0.4 is 10.1 Å². The van der Waals surface area contributed by atoms with Crippen LogP contribution in [0.25, 0.3) is 6.08 Å². The maximum Gasteiger partial charge on any atom is 0.344 e. The molecule has 0 atom stereocenters. The van der Waals surface area contributed by atoms with Crippen molar-refractivity contribution in [1.82, 2.24) is 5.32 Å². The number of amides is 1. The van der Waals surface area contributed by atoms with Gasteiger partial charge in [-0.1, -0.05) is 27.5 Å². The van der Waals surface area contributed by atoms with Gasteiger partial charge in [0.15, 0.2) is 17.5 Å². The number of rotatable bonds is 6. The molecule has 2 aromatic carbocycles.